The zero-order valence-electron chi connectivity index (χ0n) is 12.9. The molecule has 2 unspecified atom stereocenters. The van der Waals surface area contributed by atoms with E-state index in [1.807, 2.05) is 19.1 Å². The standard InChI is InChI=1S/C18H14N2O3S/c1-10-6-7-14-13(8-10)19-18(24)20(14)9-12-16(21)11-4-2-3-5-15(11)23-17(12)22/h2-9,13-14H,1H3,(H,19,24)/b12-9-. The topological polar surface area (TPSA) is 58.6 Å². The molecule has 0 aromatic heterocycles. The Bertz CT molecular complexity index is 869. The van der Waals surface area contributed by atoms with Crippen LogP contribution in [0.2, 0.25) is 0 Å². The van der Waals surface area contributed by atoms with E-state index in [2.05, 4.69) is 11.4 Å². The molecule has 24 heavy (non-hydrogen) atoms. The van der Waals surface area contributed by atoms with Crippen molar-refractivity contribution in [2.45, 2.75) is 19.0 Å². The highest BCUT2D eigenvalue weighted by molar-refractivity contribution is 7.80. The van der Waals surface area contributed by atoms with E-state index in [0.29, 0.717) is 16.4 Å². The number of allylic oxidation sites excluding steroid dienone is 2. The molecular formula is C18H14N2O3S. The molecule has 1 N–H and O–H groups in total. The minimum absolute atomic E-state index is 0.0156. The quantitative estimate of drug-likeness (QED) is 0.278. The van der Waals surface area contributed by atoms with Crippen LogP contribution < -0.4 is 10.1 Å². The molecule has 0 bridgehead atoms. The molecule has 2 aliphatic heterocycles. The Kier molecular flexibility index (Phi) is 3.35. The largest absolute Gasteiger partial charge is 0.422 e. The van der Waals surface area contributed by atoms with E-state index in [4.69, 9.17) is 17.0 Å². The maximum Gasteiger partial charge on any atom is 0.349 e. The fourth-order valence-electron chi connectivity index (χ4n) is 3.08. The third kappa shape index (κ3) is 2.27. The van der Waals surface area contributed by atoms with E-state index >= 15 is 0 Å². The molecule has 0 spiro atoms. The fourth-order valence-corrected chi connectivity index (χ4v) is 3.39. The van der Waals surface area contributed by atoms with Crippen molar-refractivity contribution in [2.75, 3.05) is 0 Å². The smallest absolute Gasteiger partial charge is 0.349 e. The average molecular weight is 338 g/mol. The molecular weight excluding hydrogens is 324 g/mol. The van der Waals surface area contributed by atoms with Gasteiger partial charge in [0.25, 0.3) is 0 Å². The number of fused-ring (bicyclic) bond motifs is 2. The van der Waals surface area contributed by atoms with Gasteiger partial charge in [-0.05, 0) is 31.3 Å². The molecule has 5 nitrogen and oxygen atoms in total. The Balaban J connectivity index is 1.71. The van der Waals surface area contributed by atoms with Gasteiger partial charge in [-0.15, -0.1) is 0 Å². The van der Waals surface area contributed by atoms with Crippen LogP contribution >= 0.6 is 12.2 Å². The molecule has 0 amide bonds. The first-order valence-corrected chi connectivity index (χ1v) is 7.98. The predicted octanol–water partition coefficient (Wildman–Crippen LogP) is 2.12. The summed E-state index contributed by atoms with van der Waals surface area (Å²) in [5.74, 6) is -0.711. The molecule has 6 heteroatoms. The Hall–Kier alpha value is -2.73. The summed E-state index contributed by atoms with van der Waals surface area (Å²) in [6.07, 6.45) is 7.58. The van der Waals surface area contributed by atoms with Crippen molar-refractivity contribution in [3.8, 4) is 5.75 Å². The van der Waals surface area contributed by atoms with Gasteiger partial charge in [0.1, 0.15) is 11.3 Å². The Morgan fingerprint density at radius 2 is 2.08 bits per heavy atom. The first-order chi connectivity index (χ1) is 11.5. The van der Waals surface area contributed by atoms with Crippen LogP contribution in [0.1, 0.15) is 17.3 Å². The predicted molar refractivity (Wildman–Crippen MR) is 92.5 cm³/mol. The molecule has 1 fully saturated rings. The van der Waals surface area contributed by atoms with Crippen molar-refractivity contribution < 1.29 is 14.3 Å². The van der Waals surface area contributed by atoms with Crippen LogP contribution in [0.25, 0.3) is 0 Å². The number of ether oxygens (including phenoxy) is 1. The lowest BCUT2D eigenvalue weighted by atomic mass is 9.98. The van der Waals surface area contributed by atoms with Gasteiger partial charge in [0.2, 0.25) is 5.78 Å². The molecule has 2 heterocycles. The van der Waals surface area contributed by atoms with E-state index in [0.717, 1.165) is 5.57 Å². The summed E-state index contributed by atoms with van der Waals surface area (Å²) in [7, 11) is 0. The summed E-state index contributed by atoms with van der Waals surface area (Å²) < 4.78 is 5.27. The van der Waals surface area contributed by atoms with E-state index in [9.17, 15) is 9.59 Å². The van der Waals surface area contributed by atoms with Crippen molar-refractivity contribution in [1.29, 1.82) is 0 Å². The highest BCUT2D eigenvalue weighted by Crippen LogP contribution is 2.29. The van der Waals surface area contributed by atoms with Crippen LogP contribution in [0, 0.1) is 0 Å². The van der Waals surface area contributed by atoms with Gasteiger partial charge in [0.15, 0.2) is 5.11 Å². The van der Waals surface area contributed by atoms with Gasteiger partial charge in [0.05, 0.1) is 17.6 Å². The van der Waals surface area contributed by atoms with Crippen molar-refractivity contribution in [1.82, 2.24) is 10.2 Å². The second-order valence-electron chi connectivity index (χ2n) is 5.90. The van der Waals surface area contributed by atoms with Crippen LogP contribution in [-0.2, 0) is 4.79 Å². The first kappa shape index (κ1) is 14.8. The Labute approximate surface area is 144 Å². The molecule has 0 saturated carbocycles. The number of hydrogen-bond donors (Lipinski definition) is 1. The lowest BCUT2D eigenvalue weighted by Gasteiger charge is -2.24. The lowest BCUT2D eigenvalue weighted by molar-refractivity contribution is -0.130. The monoisotopic (exact) mass is 338 g/mol. The number of rotatable bonds is 1. The van der Waals surface area contributed by atoms with Gasteiger partial charge >= 0.3 is 5.97 Å². The van der Waals surface area contributed by atoms with Gasteiger partial charge in [-0.25, -0.2) is 4.79 Å². The number of Topliss-reactive ketones (excluding diaryl/α,β-unsaturated/α-hetero) is 1. The average Bonchev–Trinajstić information content (AvgIpc) is 2.86. The van der Waals surface area contributed by atoms with Crippen LogP contribution in [-0.4, -0.2) is 33.8 Å². The number of esters is 1. The molecule has 0 radical (unpaired) electrons. The van der Waals surface area contributed by atoms with Crippen LogP contribution in [0.3, 0.4) is 0 Å². The van der Waals surface area contributed by atoms with Gasteiger partial charge in [-0.3, -0.25) is 4.79 Å². The SMILES string of the molecule is CC1=CC2NC(=S)N(/C=C3\C(=O)Oc4ccccc4C3=O)C2C=C1. The second kappa shape index (κ2) is 5.42. The van der Waals surface area contributed by atoms with Gasteiger partial charge in [0, 0.05) is 6.20 Å². The van der Waals surface area contributed by atoms with Crippen molar-refractivity contribution in [3.63, 3.8) is 0 Å². The van der Waals surface area contributed by atoms with Crippen molar-refractivity contribution >= 4 is 29.1 Å². The number of thiocarbonyl (C=S) groups is 1. The van der Waals surface area contributed by atoms with Gasteiger partial charge < -0.3 is 15.0 Å². The summed E-state index contributed by atoms with van der Waals surface area (Å²) in [5.41, 5.74) is 1.51. The van der Waals surface area contributed by atoms with E-state index in [1.165, 1.54) is 6.20 Å². The molecule has 1 aromatic carbocycles. The lowest BCUT2D eigenvalue weighted by Crippen LogP contribution is -2.34. The maximum absolute atomic E-state index is 12.6. The van der Waals surface area contributed by atoms with E-state index in [-0.39, 0.29) is 23.4 Å². The van der Waals surface area contributed by atoms with E-state index < -0.39 is 5.97 Å². The Morgan fingerprint density at radius 1 is 1.29 bits per heavy atom. The summed E-state index contributed by atoms with van der Waals surface area (Å²) >= 11 is 5.36. The van der Waals surface area contributed by atoms with Crippen LogP contribution in [0.4, 0.5) is 0 Å². The number of nitrogens with zero attached hydrogens (tertiary/aromatic N) is 1. The second-order valence-corrected chi connectivity index (χ2v) is 6.29. The summed E-state index contributed by atoms with van der Waals surface area (Å²) in [5, 5.41) is 3.68. The molecule has 1 aromatic rings. The highest BCUT2D eigenvalue weighted by Gasteiger charge is 2.37. The summed E-state index contributed by atoms with van der Waals surface area (Å²) in [6.45, 7) is 2.01. The molecule has 120 valence electrons. The van der Waals surface area contributed by atoms with Crippen LogP contribution in [0.5, 0.6) is 5.75 Å². The van der Waals surface area contributed by atoms with Gasteiger partial charge in [-0.1, -0.05) is 35.9 Å². The minimum Gasteiger partial charge on any atom is -0.422 e. The number of nitrogens with one attached hydrogen (secondary N) is 1. The fraction of sp³-hybridized carbons (Fsp3) is 0.167. The third-order valence-electron chi connectivity index (χ3n) is 4.28. The van der Waals surface area contributed by atoms with E-state index in [1.54, 1.807) is 29.2 Å². The Morgan fingerprint density at radius 3 is 2.92 bits per heavy atom. The van der Waals surface area contributed by atoms with Crippen LogP contribution in [0.15, 0.2) is 59.8 Å². The number of ketones is 1. The summed E-state index contributed by atoms with van der Waals surface area (Å²) in [6, 6.07) is 6.68. The summed E-state index contributed by atoms with van der Waals surface area (Å²) in [4.78, 5) is 26.6. The normalized spacial score (nSPS) is 26.7. The highest BCUT2D eigenvalue weighted by atomic mass is 32.1. The first-order valence-electron chi connectivity index (χ1n) is 7.58. The number of para-hydroxylation sites is 1. The molecule has 4 rings (SSSR count). The molecule has 1 aliphatic carbocycles. The third-order valence-corrected chi connectivity index (χ3v) is 4.61. The molecule has 1 saturated heterocycles. The van der Waals surface area contributed by atoms with Crippen molar-refractivity contribution in [3.05, 3.63) is 65.4 Å². The number of carbonyl (C=O) groups excluding carboxylic acids is 2. The van der Waals surface area contributed by atoms with Crippen molar-refractivity contribution in [2.24, 2.45) is 0 Å². The number of benzene rings is 1. The molecule has 3 aliphatic rings. The zero-order valence-corrected chi connectivity index (χ0v) is 13.7. The number of hydrogen-bond acceptors (Lipinski definition) is 4. The maximum atomic E-state index is 12.6. The zero-order chi connectivity index (χ0) is 16.8. The number of carbonyl (C=O) groups is 2. The molecule has 2 atom stereocenters. The minimum atomic E-state index is -0.656. The van der Waals surface area contributed by atoms with Gasteiger partial charge in [-0.2, -0.15) is 0 Å².